The number of esters is 1. The van der Waals surface area contributed by atoms with Crippen molar-refractivity contribution < 1.29 is 9.53 Å². The first kappa shape index (κ1) is 15.3. The topological polar surface area (TPSA) is 58.8 Å². The lowest BCUT2D eigenvalue weighted by Gasteiger charge is -2.44. The number of hydrogen-bond donors (Lipinski definition) is 1. The maximum absolute atomic E-state index is 11.9. The molecule has 5 nitrogen and oxygen atoms in total. The Morgan fingerprint density at radius 1 is 1.24 bits per heavy atom. The molecule has 1 aliphatic heterocycles. The van der Waals surface area contributed by atoms with Crippen molar-refractivity contribution in [2.24, 2.45) is 11.7 Å². The maximum Gasteiger partial charge on any atom is 0.325 e. The normalized spacial score (nSPS) is 35.6. The summed E-state index contributed by atoms with van der Waals surface area (Å²) in [5.41, 5.74) is 5.54. The molecular weight excluding hydrogens is 266 g/mol. The van der Waals surface area contributed by atoms with Crippen LogP contribution < -0.4 is 5.73 Å². The van der Waals surface area contributed by atoms with Crippen LogP contribution in [0.25, 0.3) is 0 Å². The van der Waals surface area contributed by atoms with E-state index >= 15 is 0 Å². The highest BCUT2D eigenvalue weighted by Gasteiger charge is 2.42. The number of methoxy groups -OCH3 is 1. The number of carbonyl (C=O) groups excluding carboxylic acids is 1. The minimum absolute atomic E-state index is 0.237. The van der Waals surface area contributed by atoms with Crippen molar-refractivity contribution in [1.82, 2.24) is 9.80 Å². The number of nitrogens with two attached hydrogens (primary N) is 1. The van der Waals surface area contributed by atoms with Crippen molar-refractivity contribution in [3.63, 3.8) is 0 Å². The average Bonchev–Trinajstić information content (AvgIpc) is 3.31. The lowest BCUT2D eigenvalue weighted by molar-refractivity contribution is -0.149. The van der Waals surface area contributed by atoms with Crippen molar-refractivity contribution in [3.05, 3.63) is 0 Å². The van der Waals surface area contributed by atoms with Crippen LogP contribution in [0.1, 0.15) is 38.5 Å². The quantitative estimate of drug-likeness (QED) is 0.779. The second kappa shape index (κ2) is 6.23. The summed E-state index contributed by atoms with van der Waals surface area (Å²) in [5, 5.41) is 0. The number of piperazine rings is 1. The smallest absolute Gasteiger partial charge is 0.325 e. The third-order valence-corrected chi connectivity index (χ3v) is 5.49. The second-order valence-electron chi connectivity index (χ2n) is 7.18. The molecule has 21 heavy (non-hydrogen) atoms. The van der Waals surface area contributed by atoms with E-state index in [4.69, 9.17) is 10.5 Å². The molecule has 0 bridgehead atoms. The number of ether oxygens (including phenoxy) is 1. The van der Waals surface area contributed by atoms with Gasteiger partial charge in [0.05, 0.1) is 7.11 Å². The Balaban J connectivity index is 1.51. The Kier molecular flexibility index (Phi) is 4.52. The minimum Gasteiger partial charge on any atom is -0.468 e. The summed E-state index contributed by atoms with van der Waals surface area (Å²) in [7, 11) is 1.44. The predicted octanol–water partition coefficient (Wildman–Crippen LogP) is 0.827. The lowest BCUT2D eigenvalue weighted by atomic mass is 9.79. The van der Waals surface area contributed by atoms with E-state index < -0.39 is 5.54 Å². The first-order chi connectivity index (χ1) is 10.1. The zero-order valence-corrected chi connectivity index (χ0v) is 13.2. The van der Waals surface area contributed by atoms with Gasteiger partial charge >= 0.3 is 5.97 Å². The number of carbonyl (C=O) groups is 1. The van der Waals surface area contributed by atoms with E-state index in [9.17, 15) is 4.79 Å². The van der Waals surface area contributed by atoms with E-state index in [0.29, 0.717) is 6.04 Å². The molecule has 0 aromatic carbocycles. The van der Waals surface area contributed by atoms with Crippen LogP contribution in [0.5, 0.6) is 0 Å². The van der Waals surface area contributed by atoms with Gasteiger partial charge in [0.2, 0.25) is 0 Å². The molecular formula is C16H29N3O2. The molecule has 120 valence electrons. The van der Waals surface area contributed by atoms with Gasteiger partial charge in [-0.1, -0.05) is 0 Å². The van der Waals surface area contributed by atoms with E-state index in [1.807, 2.05) is 0 Å². The van der Waals surface area contributed by atoms with E-state index in [1.165, 1.54) is 46.0 Å². The monoisotopic (exact) mass is 295 g/mol. The third kappa shape index (κ3) is 3.58. The van der Waals surface area contributed by atoms with Gasteiger partial charge in [-0.3, -0.25) is 9.69 Å². The van der Waals surface area contributed by atoms with E-state index in [-0.39, 0.29) is 5.97 Å². The largest absolute Gasteiger partial charge is 0.468 e. The molecule has 3 rings (SSSR count). The molecule has 5 heteroatoms. The van der Waals surface area contributed by atoms with Crippen LogP contribution in [0.3, 0.4) is 0 Å². The van der Waals surface area contributed by atoms with Gasteiger partial charge in [-0.2, -0.15) is 0 Å². The van der Waals surface area contributed by atoms with Gasteiger partial charge in [0.1, 0.15) is 5.54 Å². The molecule has 0 spiro atoms. The van der Waals surface area contributed by atoms with Gasteiger partial charge in [-0.05, 0) is 44.4 Å². The summed E-state index contributed by atoms with van der Waals surface area (Å²) in [5.74, 6) is 0.738. The number of nitrogens with zero attached hydrogens (tertiary/aromatic N) is 2. The van der Waals surface area contributed by atoms with Gasteiger partial charge in [0.25, 0.3) is 0 Å². The SMILES string of the molecule is COC(=O)C1(N)CCCC(N2CCN(CC3CC3)CC2)C1. The Bertz CT molecular complexity index is 378. The molecule has 0 aromatic heterocycles. The van der Waals surface area contributed by atoms with E-state index in [2.05, 4.69) is 9.80 Å². The van der Waals surface area contributed by atoms with E-state index in [0.717, 1.165) is 38.3 Å². The fourth-order valence-electron chi connectivity index (χ4n) is 3.95. The molecule has 1 heterocycles. The Labute approximate surface area is 127 Å². The summed E-state index contributed by atoms with van der Waals surface area (Å²) in [6.07, 6.45) is 6.56. The minimum atomic E-state index is -0.761. The van der Waals surface area contributed by atoms with Crippen molar-refractivity contribution in [3.8, 4) is 0 Å². The molecule has 0 amide bonds. The average molecular weight is 295 g/mol. The molecule has 2 aliphatic carbocycles. The van der Waals surface area contributed by atoms with Crippen LogP contribution in [0.15, 0.2) is 0 Å². The molecule has 2 saturated carbocycles. The molecule has 3 aliphatic rings. The number of rotatable bonds is 4. The zero-order valence-electron chi connectivity index (χ0n) is 13.2. The highest BCUT2D eigenvalue weighted by atomic mass is 16.5. The van der Waals surface area contributed by atoms with Gasteiger partial charge in [0.15, 0.2) is 0 Å². The molecule has 2 N–H and O–H groups in total. The van der Waals surface area contributed by atoms with Gasteiger partial charge in [-0.15, -0.1) is 0 Å². The second-order valence-corrected chi connectivity index (χ2v) is 7.18. The molecule has 3 fully saturated rings. The summed E-state index contributed by atoms with van der Waals surface area (Å²) in [4.78, 5) is 17.1. The fourth-order valence-corrected chi connectivity index (χ4v) is 3.95. The van der Waals surface area contributed by atoms with Crippen LogP contribution in [0, 0.1) is 5.92 Å². The van der Waals surface area contributed by atoms with Gasteiger partial charge in [0, 0.05) is 38.8 Å². The lowest BCUT2D eigenvalue weighted by Crippen LogP contribution is -2.58. The van der Waals surface area contributed by atoms with Crippen LogP contribution in [0.4, 0.5) is 0 Å². The van der Waals surface area contributed by atoms with Crippen molar-refractivity contribution in [2.75, 3.05) is 39.8 Å². The molecule has 2 unspecified atom stereocenters. The highest BCUT2D eigenvalue weighted by molar-refractivity contribution is 5.80. The van der Waals surface area contributed by atoms with Crippen LogP contribution in [0.2, 0.25) is 0 Å². The first-order valence-electron chi connectivity index (χ1n) is 8.44. The van der Waals surface area contributed by atoms with Crippen molar-refractivity contribution in [2.45, 2.75) is 50.1 Å². The number of hydrogen-bond acceptors (Lipinski definition) is 5. The third-order valence-electron chi connectivity index (χ3n) is 5.49. The van der Waals surface area contributed by atoms with Gasteiger partial charge < -0.3 is 15.4 Å². The fraction of sp³-hybridized carbons (Fsp3) is 0.938. The van der Waals surface area contributed by atoms with Crippen LogP contribution >= 0.6 is 0 Å². The first-order valence-corrected chi connectivity index (χ1v) is 8.44. The zero-order chi connectivity index (χ0) is 14.9. The van der Waals surface area contributed by atoms with Crippen molar-refractivity contribution >= 4 is 5.97 Å². The van der Waals surface area contributed by atoms with E-state index in [1.54, 1.807) is 0 Å². The Morgan fingerprint density at radius 3 is 2.57 bits per heavy atom. The summed E-state index contributed by atoms with van der Waals surface area (Å²) >= 11 is 0. The summed E-state index contributed by atoms with van der Waals surface area (Å²) < 4.78 is 4.91. The molecule has 2 atom stereocenters. The van der Waals surface area contributed by atoms with Crippen molar-refractivity contribution in [1.29, 1.82) is 0 Å². The van der Waals surface area contributed by atoms with Crippen LogP contribution in [-0.4, -0.2) is 67.2 Å². The predicted molar refractivity (Wildman–Crippen MR) is 81.9 cm³/mol. The standard InChI is InChI=1S/C16H29N3O2/c1-21-15(20)16(17)6-2-3-14(11-16)19-9-7-18(8-10-19)12-13-4-5-13/h13-14H,2-12,17H2,1H3. The molecule has 1 saturated heterocycles. The highest BCUT2D eigenvalue weighted by Crippen LogP contribution is 2.32. The summed E-state index contributed by atoms with van der Waals surface area (Å²) in [6, 6.07) is 0.450. The Hall–Kier alpha value is -0.650. The Morgan fingerprint density at radius 2 is 1.95 bits per heavy atom. The van der Waals surface area contributed by atoms with Crippen LogP contribution in [-0.2, 0) is 9.53 Å². The molecule has 0 radical (unpaired) electrons. The summed E-state index contributed by atoms with van der Waals surface area (Å²) in [6.45, 7) is 5.87. The molecule has 0 aromatic rings. The maximum atomic E-state index is 11.9. The van der Waals surface area contributed by atoms with Gasteiger partial charge in [-0.25, -0.2) is 0 Å².